The topological polar surface area (TPSA) is 66.5 Å². The summed E-state index contributed by atoms with van der Waals surface area (Å²) in [6, 6.07) is 10.8. The Bertz CT molecular complexity index is 868. The Balaban J connectivity index is 1.47. The minimum absolute atomic E-state index is 0.186. The number of rotatable bonds is 6. The quantitative estimate of drug-likeness (QED) is 0.731. The average Bonchev–Trinajstić information content (AvgIpc) is 2.85. The Morgan fingerprint density at radius 1 is 1.04 bits per heavy atom. The summed E-state index contributed by atoms with van der Waals surface area (Å²) in [5, 5.41) is 2.73. The molecule has 1 aliphatic heterocycles. The smallest absolute Gasteiger partial charge is 0.261 e. The molecule has 3 amide bonds. The van der Waals surface area contributed by atoms with E-state index in [1.54, 1.807) is 30.3 Å². The fraction of sp³-hybridized carbons (Fsp3) is 0.211. The van der Waals surface area contributed by atoms with Gasteiger partial charge in [-0.25, -0.2) is 4.39 Å². The van der Waals surface area contributed by atoms with Gasteiger partial charge in [0.1, 0.15) is 5.82 Å². The molecule has 0 saturated carbocycles. The first-order chi connectivity index (χ1) is 12.5. The first-order valence-corrected chi connectivity index (χ1v) is 8.92. The third-order valence-electron chi connectivity index (χ3n) is 4.12. The lowest BCUT2D eigenvalue weighted by Gasteiger charge is -2.13. The highest BCUT2D eigenvalue weighted by atomic mass is 79.9. The number of halogens is 2. The van der Waals surface area contributed by atoms with E-state index in [1.165, 1.54) is 17.0 Å². The van der Waals surface area contributed by atoms with Crippen molar-refractivity contribution in [2.24, 2.45) is 0 Å². The van der Waals surface area contributed by atoms with Crippen molar-refractivity contribution in [1.29, 1.82) is 0 Å². The first kappa shape index (κ1) is 18.3. The van der Waals surface area contributed by atoms with Crippen LogP contribution in [0.5, 0.6) is 0 Å². The van der Waals surface area contributed by atoms with Crippen molar-refractivity contribution in [3.05, 3.63) is 69.4 Å². The molecule has 1 aliphatic rings. The number of amides is 3. The summed E-state index contributed by atoms with van der Waals surface area (Å²) in [5.41, 5.74) is 1.56. The minimum atomic E-state index is -0.335. The molecule has 5 nitrogen and oxygen atoms in total. The Morgan fingerprint density at radius 3 is 2.46 bits per heavy atom. The van der Waals surface area contributed by atoms with Crippen molar-refractivity contribution >= 4 is 33.7 Å². The summed E-state index contributed by atoms with van der Waals surface area (Å²) >= 11 is 3.29. The van der Waals surface area contributed by atoms with Gasteiger partial charge in [0, 0.05) is 24.0 Å². The van der Waals surface area contributed by atoms with Gasteiger partial charge in [0.05, 0.1) is 11.1 Å². The fourth-order valence-corrected chi connectivity index (χ4v) is 3.12. The Morgan fingerprint density at radius 2 is 1.73 bits per heavy atom. The van der Waals surface area contributed by atoms with Crippen LogP contribution in [-0.2, 0) is 11.3 Å². The Labute approximate surface area is 158 Å². The molecule has 0 spiro atoms. The zero-order valence-electron chi connectivity index (χ0n) is 13.8. The van der Waals surface area contributed by atoms with Crippen molar-refractivity contribution < 1.29 is 18.8 Å². The molecule has 3 rings (SSSR count). The molecular weight excluding hydrogens is 403 g/mol. The van der Waals surface area contributed by atoms with Crippen LogP contribution in [0.15, 0.2) is 46.9 Å². The van der Waals surface area contributed by atoms with Crippen molar-refractivity contribution in [2.75, 3.05) is 6.54 Å². The number of fused-ring (bicyclic) bond motifs is 1. The maximum atomic E-state index is 12.8. The van der Waals surface area contributed by atoms with Gasteiger partial charge < -0.3 is 5.32 Å². The second kappa shape index (κ2) is 7.78. The number of hydrogen-bond donors (Lipinski definition) is 1. The molecule has 2 aromatic carbocycles. The molecule has 0 unspecified atom stereocenters. The second-order valence-electron chi connectivity index (χ2n) is 5.96. The number of carbonyl (C=O) groups is 3. The maximum Gasteiger partial charge on any atom is 0.261 e. The second-order valence-corrected chi connectivity index (χ2v) is 6.87. The molecule has 7 heteroatoms. The first-order valence-electron chi connectivity index (χ1n) is 8.12. The molecule has 0 saturated heterocycles. The van der Waals surface area contributed by atoms with Crippen LogP contribution in [0.1, 0.15) is 39.1 Å². The van der Waals surface area contributed by atoms with Gasteiger partial charge >= 0.3 is 0 Å². The Kier molecular flexibility index (Phi) is 5.46. The molecule has 0 fully saturated rings. The SMILES string of the molecule is O=C(CCCN1C(=O)c2ccc(Br)cc2C1=O)NCc1ccc(F)cc1. The van der Waals surface area contributed by atoms with Crippen LogP contribution in [0.2, 0.25) is 0 Å². The highest BCUT2D eigenvalue weighted by molar-refractivity contribution is 9.10. The van der Waals surface area contributed by atoms with E-state index >= 15 is 0 Å². The summed E-state index contributed by atoms with van der Waals surface area (Å²) in [4.78, 5) is 37.7. The molecule has 0 radical (unpaired) electrons. The molecule has 26 heavy (non-hydrogen) atoms. The van der Waals surface area contributed by atoms with Gasteiger partial charge in [-0.1, -0.05) is 28.1 Å². The highest BCUT2D eigenvalue weighted by Crippen LogP contribution is 2.26. The van der Waals surface area contributed by atoms with E-state index in [9.17, 15) is 18.8 Å². The summed E-state index contributed by atoms with van der Waals surface area (Å²) in [7, 11) is 0. The summed E-state index contributed by atoms with van der Waals surface area (Å²) in [6.45, 7) is 0.494. The molecule has 134 valence electrons. The van der Waals surface area contributed by atoms with Gasteiger partial charge in [-0.2, -0.15) is 0 Å². The van der Waals surface area contributed by atoms with Crippen molar-refractivity contribution in [3.8, 4) is 0 Å². The third-order valence-corrected chi connectivity index (χ3v) is 4.61. The van der Waals surface area contributed by atoms with Crippen LogP contribution in [0, 0.1) is 5.82 Å². The lowest BCUT2D eigenvalue weighted by atomic mass is 10.1. The number of carbonyl (C=O) groups excluding carboxylic acids is 3. The maximum absolute atomic E-state index is 12.8. The zero-order valence-corrected chi connectivity index (χ0v) is 15.4. The molecule has 0 aromatic heterocycles. The number of nitrogens with zero attached hydrogens (tertiary/aromatic N) is 1. The molecule has 2 aromatic rings. The lowest BCUT2D eigenvalue weighted by Crippen LogP contribution is -2.32. The minimum Gasteiger partial charge on any atom is -0.352 e. The highest BCUT2D eigenvalue weighted by Gasteiger charge is 2.35. The molecule has 1 N–H and O–H groups in total. The molecule has 0 aliphatic carbocycles. The summed E-state index contributed by atoms with van der Waals surface area (Å²) in [5.74, 6) is -1.18. The van der Waals surface area contributed by atoms with Crippen LogP contribution in [0.4, 0.5) is 4.39 Å². The lowest BCUT2D eigenvalue weighted by molar-refractivity contribution is -0.121. The largest absolute Gasteiger partial charge is 0.352 e. The van der Waals surface area contributed by atoms with Gasteiger partial charge in [0.2, 0.25) is 5.91 Å². The van der Waals surface area contributed by atoms with Crippen molar-refractivity contribution in [3.63, 3.8) is 0 Å². The predicted molar refractivity (Wildman–Crippen MR) is 97.0 cm³/mol. The number of nitrogens with one attached hydrogen (secondary N) is 1. The third kappa shape index (κ3) is 3.99. The van der Waals surface area contributed by atoms with Gasteiger partial charge in [0.15, 0.2) is 0 Å². The molecule has 1 heterocycles. The van der Waals surface area contributed by atoms with E-state index in [4.69, 9.17) is 0 Å². The van der Waals surface area contributed by atoms with E-state index in [0.29, 0.717) is 24.1 Å². The fourth-order valence-electron chi connectivity index (χ4n) is 2.76. The normalized spacial score (nSPS) is 13.1. The van der Waals surface area contributed by atoms with Gasteiger partial charge in [-0.15, -0.1) is 0 Å². The van der Waals surface area contributed by atoms with Crippen LogP contribution in [0.3, 0.4) is 0 Å². The van der Waals surface area contributed by atoms with E-state index < -0.39 is 0 Å². The van der Waals surface area contributed by atoms with E-state index in [2.05, 4.69) is 21.2 Å². The Hall–Kier alpha value is -2.54. The van der Waals surface area contributed by atoms with Crippen molar-refractivity contribution in [2.45, 2.75) is 19.4 Å². The number of benzene rings is 2. The van der Waals surface area contributed by atoms with Gasteiger partial charge in [0.25, 0.3) is 11.8 Å². The van der Waals surface area contributed by atoms with Crippen molar-refractivity contribution in [1.82, 2.24) is 10.2 Å². The number of hydrogen-bond acceptors (Lipinski definition) is 3. The monoisotopic (exact) mass is 418 g/mol. The summed E-state index contributed by atoms with van der Waals surface area (Å²) < 4.78 is 13.6. The van der Waals surface area contributed by atoms with Gasteiger partial charge in [-0.3, -0.25) is 19.3 Å². The van der Waals surface area contributed by atoms with Crippen LogP contribution >= 0.6 is 15.9 Å². The number of imide groups is 1. The van der Waals surface area contributed by atoms with Crippen LogP contribution < -0.4 is 5.32 Å². The zero-order chi connectivity index (χ0) is 18.7. The molecule has 0 atom stereocenters. The van der Waals surface area contributed by atoms with Crippen LogP contribution in [0.25, 0.3) is 0 Å². The van der Waals surface area contributed by atoms with Crippen LogP contribution in [-0.4, -0.2) is 29.2 Å². The van der Waals surface area contributed by atoms with E-state index in [-0.39, 0.29) is 36.5 Å². The molecular formula is C19H16BrFN2O3. The van der Waals surface area contributed by atoms with E-state index in [0.717, 1.165) is 10.0 Å². The van der Waals surface area contributed by atoms with E-state index in [1.807, 2.05) is 0 Å². The average molecular weight is 419 g/mol. The van der Waals surface area contributed by atoms with Gasteiger partial charge in [-0.05, 0) is 42.3 Å². The predicted octanol–water partition coefficient (Wildman–Crippen LogP) is 3.28. The molecule has 0 bridgehead atoms. The standard InChI is InChI=1S/C19H16BrFN2O3/c20-13-5-8-15-16(10-13)19(26)23(18(15)25)9-1-2-17(24)22-11-12-3-6-14(21)7-4-12/h3-8,10H,1-2,9,11H2,(H,22,24). The summed E-state index contributed by atoms with van der Waals surface area (Å²) in [6.07, 6.45) is 0.570.